The van der Waals surface area contributed by atoms with Crippen molar-refractivity contribution in [2.75, 3.05) is 16.8 Å². The van der Waals surface area contributed by atoms with Gasteiger partial charge in [-0.1, -0.05) is 54.9 Å². The number of fused-ring (bicyclic) bond motifs is 1. The highest BCUT2D eigenvalue weighted by atomic mass is 35.5. The van der Waals surface area contributed by atoms with Crippen molar-refractivity contribution in [3.63, 3.8) is 0 Å². The van der Waals surface area contributed by atoms with Crippen LogP contribution >= 0.6 is 23.4 Å². The molecule has 3 aromatic rings. The number of benzene rings is 3. The van der Waals surface area contributed by atoms with E-state index in [0.717, 1.165) is 29.0 Å². The second-order valence-electron chi connectivity index (χ2n) is 9.73. The number of halogens is 1. The van der Waals surface area contributed by atoms with Crippen molar-refractivity contribution in [2.45, 2.75) is 38.6 Å². The summed E-state index contributed by atoms with van der Waals surface area (Å²) in [5.74, 6) is 0.296. The predicted molar refractivity (Wildman–Crippen MR) is 150 cm³/mol. The summed E-state index contributed by atoms with van der Waals surface area (Å²) >= 11 is 8.15. The molecule has 178 valence electrons. The summed E-state index contributed by atoms with van der Waals surface area (Å²) in [7, 11) is 2.12. The maximum Gasteiger partial charge on any atom is 0.271 e. The van der Waals surface area contributed by atoms with Gasteiger partial charge in [-0.2, -0.15) is 0 Å². The van der Waals surface area contributed by atoms with Gasteiger partial charge in [0.2, 0.25) is 0 Å². The van der Waals surface area contributed by atoms with Crippen LogP contribution in [0.3, 0.4) is 0 Å². The molecule has 1 fully saturated rings. The fourth-order valence-electron chi connectivity index (χ4n) is 4.82. The van der Waals surface area contributed by atoms with Gasteiger partial charge in [0.1, 0.15) is 0 Å². The Bertz CT molecular complexity index is 1330. The smallest absolute Gasteiger partial charge is 0.271 e. The van der Waals surface area contributed by atoms with Crippen molar-refractivity contribution in [3.8, 4) is 0 Å². The van der Waals surface area contributed by atoms with Crippen molar-refractivity contribution in [3.05, 3.63) is 93.9 Å². The van der Waals surface area contributed by atoms with Crippen LogP contribution in [0.1, 0.15) is 44.2 Å². The monoisotopic (exact) mass is 501 g/mol. The molecule has 0 aromatic heterocycles. The molecule has 0 radical (unpaired) electrons. The lowest BCUT2D eigenvalue weighted by Crippen LogP contribution is -2.45. The third-order valence-corrected chi connectivity index (χ3v) is 8.14. The summed E-state index contributed by atoms with van der Waals surface area (Å²) < 4.78 is 0. The molecule has 0 spiro atoms. The summed E-state index contributed by atoms with van der Waals surface area (Å²) in [4.78, 5) is 23.0. The van der Waals surface area contributed by atoms with Gasteiger partial charge in [-0.3, -0.25) is 9.69 Å². The van der Waals surface area contributed by atoms with Crippen LogP contribution in [-0.2, 0) is 4.79 Å². The summed E-state index contributed by atoms with van der Waals surface area (Å²) in [5.41, 5.74) is 4.93. The first-order valence-corrected chi connectivity index (χ1v) is 12.9. The Labute approximate surface area is 216 Å². The van der Waals surface area contributed by atoms with Crippen LogP contribution in [0.4, 0.5) is 17.1 Å². The van der Waals surface area contributed by atoms with Gasteiger partial charge in [0.25, 0.3) is 5.91 Å². The number of rotatable bonds is 3. The molecule has 6 heteroatoms. The second-order valence-corrected chi connectivity index (χ2v) is 11.1. The van der Waals surface area contributed by atoms with Crippen LogP contribution in [0.25, 0.3) is 6.08 Å². The Hall–Kier alpha value is -3.02. The quantitative estimate of drug-likeness (QED) is 0.342. The Morgan fingerprint density at radius 1 is 1.06 bits per heavy atom. The maximum atomic E-state index is 13.6. The zero-order valence-corrected chi connectivity index (χ0v) is 21.9. The molecule has 1 atom stereocenters. The van der Waals surface area contributed by atoms with Crippen molar-refractivity contribution >= 4 is 57.6 Å². The Morgan fingerprint density at radius 3 is 2.40 bits per heavy atom. The van der Waals surface area contributed by atoms with Crippen LogP contribution in [0.2, 0.25) is 5.02 Å². The third-order valence-electron chi connectivity index (χ3n) is 6.84. The number of carbonyl (C=O) groups is 1. The van der Waals surface area contributed by atoms with Crippen molar-refractivity contribution in [1.29, 1.82) is 0 Å². The van der Waals surface area contributed by atoms with Gasteiger partial charge in [0.05, 0.1) is 16.3 Å². The van der Waals surface area contributed by atoms with E-state index in [1.807, 2.05) is 72.8 Å². The van der Waals surface area contributed by atoms with Crippen LogP contribution in [-0.4, -0.2) is 23.7 Å². The van der Waals surface area contributed by atoms with Crippen LogP contribution in [0.5, 0.6) is 0 Å². The van der Waals surface area contributed by atoms with Crippen molar-refractivity contribution < 1.29 is 4.79 Å². The standard InChI is InChI=1S/C29H28ClN3OS/c1-19-18-29(2,3)32(4)25-17-24(30)20(15-23(19)25)16-26-27(34)33(22-13-9-6-10-14-22)28(35-26)31-21-11-7-5-8-12-21/h5-17,19H,18H2,1-4H3/b26-16-,31-28?/t19-/m0/s1. The van der Waals surface area contributed by atoms with Crippen molar-refractivity contribution in [1.82, 2.24) is 0 Å². The fraction of sp³-hybridized carbons (Fsp3) is 0.241. The van der Waals surface area contributed by atoms with E-state index < -0.39 is 0 Å². The predicted octanol–water partition coefficient (Wildman–Crippen LogP) is 7.87. The Kier molecular flexibility index (Phi) is 6.24. The first kappa shape index (κ1) is 23.7. The average molecular weight is 502 g/mol. The molecule has 0 aliphatic carbocycles. The molecule has 2 heterocycles. The number of hydrogen-bond acceptors (Lipinski definition) is 4. The first-order chi connectivity index (χ1) is 16.7. The lowest BCUT2D eigenvalue weighted by molar-refractivity contribution is -0.113. The number of amides is 1. The van der Waals surface area contributed by atoms with Crippen molar-refractivity contribution in [2.24, 2.45) is 4.99 Å². The normalized spacial score (nSPS) is 21.6. The molecule has 1 amide bonds. The molecule has 5 rings (SSSR count). The minimum absolute atomic E-state index is 0.0615. The van der Waals surface area contributed by atoms with Crippen LogP contribution < -0.4 is 9.80 Å². The largest absolute Gasteiger partial charge is 0.369 e. The number of hydrogen-bond donors (Lipinski definition) is 0. The third kappa shape index (κ3) is 4.51. The van der Waals surface area contributed by atoms with E-state index in [1.165, 1.54) is 17.3 Å². The number of thioether (sulfide) groups is 1. The van der Waals surface area contributed by atoms with Gasteiger partial charge >= 0.3 is 0 Å². The molecule has 0 N–H and O–H groups in total. The molecule has 0 unspecified atom stereocenters. The lowest BCUT2D eigenvalue weighted by Gasteiger charge is -2.45. The number of nitrogens with zero attached hydrogens (tertiary/aromatic N) is 3. The minimum Gasteiger partial charge on any atom is -0.369 e. The fourth-order valence-corrected chi connectivity index (χ4v) is 6.03. The van der Waals surface area contributed by atoms with E-state index in [2.05, 4.69) is 38.8 Å². The van der Waals surface area contributed by atoms with Gasteiger partial charge in [0.15, 0.2) is 5.17 Å². The van der Waals surface area contributed by atoms with E-state index in [-0.39, 0.29) is 11.4 Å². The molecule has 0 saturated carbocycles. The van der Waals surface area contributed by atoms with E-state index >= 15 is 0 Å². The lowest BCUT2D eigenvalue weighted by atomic mass is 9.80. The molecule has 0 bridgehead atoms. The highest BCUT2D eigenvalue weighted by Crippen LogP contribution is 2.45. The molecular weight excluding hydrogens is 474 g/mol. The van der Waals surface area contributed by atoms with Gasteiger partial charge in [-0.25, -0.2) is 4.99 Å². The molecule has 4 nitrogen and oxygen atoms in total. The van der Waals surface area contributed by atoms with Crippen LogP contribution in [0, 0.1) is 0 Å². The summed E-state index contributed by atoms with van der Waals surface area (Å²) in [6.45, 7) is 6.78. The van der Waals surface area contributed by atoms with E-state index in [1.54, 1.807) is 4.90 Å². The zero-order chi connectivity index (χ0) is 24.7. The van der Waals surface area contributed by atoms with Gasteiger partial charge in [-0.15, -0.1) is 0 Å². The van der Waals surface area contributed by atoms with Crippen LogP contribution in [0.15, 0.2) is 82.7 Å². The number of aliphatic imine (C=N–C) groups is 1. The SMILES string of the molecule is C[C@H]1CC(C)(C)N(C)c2cc(Cl)c(/C=C3\SC(=Nc4ccccc4)N(c4ccccc4)C3=O)cc21. The minimum atomic E-state index is -0.101. The Balaban J connectivity index is 1.57. The molecule has 2 aliphatic rings. The Morgan fingerprint density at radius 2 is 1.71 bits per heavy atom. The topological polar surface area (TPSA) is 35.9 Å². The second kappa shape index (κ2) is 9.21. The van der Waals surface area contributed by atoms with E-state index in [9.17, 15) is 4.79 Å². The number of anilines is 2. The van der Waals surface area contributed by atoms with Gasteiger partial charge in [-0.05, 0) is 91.5 Å². The van der Waals surface area contributed by atoms with E-state index in [4.69, 9.17) is 16.6 Å². The number of amidine groups is 1. The number of carbonyl (C=O) groups excluding carboxylic acids is 1. The highest BCUT2D eigenvalue weighted by Gasteiger charge is 2.36. The molecule has 1 saturated heterocycles. The van der Waals surface area contributed by atoms with E-state index in [0.29, 0.717) is 21.0 Å². The summed E-state index contributed by atoms with van der Waals surface area (Å²) in [6.07, 6.45) is 2.96. The first-order valence-electron chi connectivity index (χ1n) is 11.7. The molecule has 2 aliphatic heterocycles. The number of para-hydroxylation sites is 2. The summed E-state index contributed by atoms with van der Waals surface area (Å²) in [5, 5.41) is 1.27. The van der Waals surface area contributed by atoms with Gasteiger partial charge in [0, 0.05) is 23.3 Å². The summed E-state index contributed by atoms with van der Waals surface area (Å²) in [6, 6.07) is 23.5. The molecule has 3 aromatic carbocycles. The zero-order valence-electron chi connectivity index (χ0n) is 20.3. The van der Waals surface area contributed by atoms with Gasteiger partial charge < -0.3 is 4.90 Å². The average Bonchev–Trinajstić information content (AvgIpc) is 3.14. The molecular formula is C29H28ClN3OS. The molecule has 35 heavy (non-hydrogen) atoms. The highest BCUT2D eigenvalue weighted by molar-refractivity contribution is 8.19. The maximum absolute atomic E-state index is 13.6.